The van der Waals surface area contributed by atoms with E-state index in [1.165, 1.54) is 22.5 Å². The Kier molecular flexibility index (Phi) is 7.02. The quantitative estimate of drug-likeness (QED) is 0.773. The number of rotatable bonds is 7. The van der Waals surface area contributed by atoms with Crippen LogP contribution in [0.3, 0.4) is 0 Å². The minimum atomic E-state index is 0.168. The van der Waals surface area contributed by atoms with Crippen molar-refractivity contribution in [1.82, 2.24) is 4.90 Å². The normalized spacial score (nSPS) is 14.1. The summed E-state index contributed by atoms with van der Waals surface area (Å²) in [6.07, 6.45) is 0. The molecule has 5 nitrogen and oxygen atoms in total. The Balaban J connectivity index is 1.51. The van der Waals surface area contributed by atoms with Crippen LogP contribution in [0.1, 0.15) is 25.0 Å². The molecule has 3 rings (SSSR count). The summed E-state index contributed by atoms with van der Waals surface area (Å²) in [5.74, 6) is 0.168. The highest BCUT2D eigenvalue weighted by Gasteiger charge is 2.21. The number of carbonyl (C=O) groups excluding carboxylic acids is 1. The number of hydrogen-bond acceptors (Lipinski definition) is 4. The van der Waals surface area contributed by atoms with E-state index < -0.39 is 0 Å². The fourth-order valence-electron chi connectivity index (χ4n) is 3.95. The van der Waals surface area contributed by atoms with E-state index in [4.69, 9.17) is 0 Å². The van der Waals surface area contributed by atoms with Gasteiger partial charge in [-0.05, 0) is 69.2 Å². The highest BCUT2D eigenvalue weighted by molar-refractivity contribution is 5.81. The van der Waals surface area contributed by atoms with Crippen LogP contribution in [0.5, 0.6) is 0 Å². The second-order valence-electron chi connectivity index (χ2n) is 7.73. The van der Waals surface area contributed by atoms with Crippen LogP contribution >= 0.6 is 0 Å². The van der Waals surface area contributed by atoms with Crippen molar-refractivity contribution >= 4 is 23.0 Å². The SMILES string of the molecule is CCN(CC)c1ccc(NCC(=O)N2CCN(c3cccc(C)c3)CC2)c(C)c1. The van der Waals surface area contributed by atoms with Crippen molar-refractivity contribution < 1.29 is 4.79 Å². The molecule has 0 radical (unpaired) electrons. The summed E-state index contributed by atoms with van der Waals surface area (Å²) in [5.41, 5.74) is 5.96. The molecule has 0 bridgehead atoms. The molecule has 0 spiro atoms. The summed E-state index contributed by atoms with van der Waals surface area (Å²) in [4.78, 5) is 19.3. The van der Waals surface area contributed by atoms with Crippen molar-refractivity contribution in [3.8, 4) is 0 Å². The van der Waals surface area contributed by atoms with Crippen LogP contribution in [-0.4, -0.2) is 56.6 Å². The van der Waals surface area contributed by atoms with Gasteiger partial charge in [0.05, 0.1) is 6.54 Å². The number of amides is 1. The second kappa shape index (κ2) is 9.68. The van der Waals surface area contributed by atoms with Gasteiger partial charge < -0.3 is 20.0 Å². The van der Waals surface area contributed by atoms with Crippen LogP contribution in [0, 0.1) is 13.8 Å². The molecule has 0 saturated carbocycles. The molecule has 1 fully saturated rings. The van der Waals surface area contributed by atoms with Gasteiger partial charge in [-0.15, -0.1) is 0 Å². The third kappa shape index (κ3) is 5.22. The molecule has 1 N–H and O–H groups in total. The van der Waals surface area contributed by atoms with Crippen molar-refractivity contribution in [2.75, 3.05) is 60.9 Å². The molecule has 0 aliphatic carbocycles. The van der Waals surface area contributed by atoms with Crippen LogP contribution in [0.25, 0.3) is 0 Å². The predicted molar refractivity (Wildman–Crippen MR) is 123 cm³/mol. The van der Waals surface area contributed by atoms with E-state index in [0.717, 1.165) is 45.0 Å². The van der Waals surface area contributed by atoms with Gasteiger partial charge >= 0.3 is 0 Å². The van der Waals surface area contributed by atoms with Crippen molar-refractivity contribution in [2.24, 2.45) is 0 Å². The summed E-state index contributed by atoms with van der Waals surface area (Å²) in [6, 6.07) is 15.0. The molecule has 156 valence electrons. The first-order chi connectivity index (χ1) is 14.0. The van der Waals surface area contributed by atoms with E-state index in [9.17, 15) is 4.79 Å². The number of carbonyl (C=O) groups is 1. The van der Waals surface area contributed by atoms with E-state index in [1.807, 2.05) is 4.90 Å². The van der Waals surface area contributed by atoms with E-state index in [-0.39, 0.29) is 5.91 Å². The largest absolute Gasteiger partial charge is 0.376 e. The van der Waals surface area contributed by atoms with Crippen LogP contribution < -0.4 is 15.1 Å². The number of piperazine rings is 1. The maximum absolute atomic E-state index is 12.7. The van der Waals surface area contributed by atoms with Crippen LogP contribution in [0.4, 0.5) is 17.1 Å². The molecule has 2 aromatic carbocycles. The minimum absolute atomic E-state index is 0.168. The molecule has 5 heteroatoms. The van der Waals surface area contributed by atoms with Crippen molar-refractivity contribution in [3.63, 3.8) is 0 Å². The molecule has 1 heterocycles. The Hall–Kier alpha value is -2.69. The molecule has 29 heavy (non-hydrogen) atoms. The van der Waals surface area contributed by atoms with Gasteiger partial charge in [-0.2, -0.15) is 0 Å². The Morgan fingerprint density at radius 3 is 2.34 bits per heavy atom. The number of nitrogens with zero attached hydrogens (tertiary/aromatic N) is 3. The Labute approximate surface area is 175 Å². The van der Waals surface area contributed by atoms with Crippen LogP contribution in [-0.2, 0) is 4.79 Å². The van der Waals surface area contributed by atoms with Gasteiger partial charge in [-0.25, -0.2) is 0 Å². The fraction of sp³-hybridized carbons (Fsp3) is 0.458. The van der Waals surface area contributed by atoms with Crippen LogP contribution in [0.15, 0.2) is 42.5 Å². The third-order valence-corrected chi connectivity index (χ3v) is 5.77. The van der Waals surface area contributed by atoms with E-state index in [0.29, 0.717) is 6.54 Å². The predicted octanol–water partition coefficient (Wildman–Crippen LogP) is 3.91. The molecule has 1 saturated heterocycles. The number of hydrogen-bond donors (Lipinski definition) is 1. The van der Waals surface area contributed by atoms with Crippen molar-refractivity contribution in [2.45, 2.75) is 27.7 Å². The zero-order chi connectivity index (χ0) is 20.8. The fourth-order valence-corrected chi connectivity index (χ4v) is 3.95. The number of anilines is 3. The van der Waals surface area contributed by atoms with Gasteiger partial charge in [-0.3, -0.25) is 4.79 Å². The van der Waals surface area contributed by atoms with E-state index in [1.54, 1.807) is 0 Å². The first kappa shape index (κ1) is 21.0. The molecule has 1 amide bonds. The van der Waals surface area contributed by atoms with Crippen molar-refractivity contribution in [1.29, 1.82) is 0 Å². The second-order valence-corrected chi connectivity index (χ2v) is 7.73. The molecule has 2 aromatic rings. The highest BCUT2D eigenvalue weighted by atomic mass is 16.2. The Bertz CT molecular complexity index is 823. The monoisotopic (exact) mass is 394 g/mol. The van der Waals surface area contributed by atoms with Crippen molar-refractivity contribution in [3.05, 3.63) is 53.6 Å². The average molecular weight is 395 g/mol. The van der Waals surface area contributed by atoms with Gasteiger partial charge in [-0.1, -0.05) is 12.1 Å². The summed E-state index contributed by atoms with van der Waals surface area (Å²) in [5, 5.41) is 3.34. The van der Waals surface area contributed by atoms with E-state index in [2.05, 4.69) is 85.3 Å². The number of benzene rings is 2. The lowest BCUT2D eigenvalue weighted by Crippen LogP contribution is -2.50. The molecule has 1 aliphatic rings. The Morgan fingerprint density at radius 2 is 1.72 bits per heavy atom. The molecule has 0 aromatic heterocycles. The zero-order valence-electron chi connectivity index (χ0n) is 18.2. The standard InChI is InChI=1S/C24H34N4O/c1-5-26(6-2)22-10-11-23(20(4)17-22)25-18-24(29)28-14-12-27(13-15-28)21-9-7-8-19(3)16-21/h7-11,16-17,25H,5-6,12-15,18H2,1-4H3. The molecule has 0 atom stereocenters. The lowest BCUT2D eigenvalue weighted by atomic mass is 10.1. The van der Waals surface area contributed by atoms with Gasteiger partial charge in [0.25, 0.3) is 0 Å². The summed E-state index contributed by atoms with van der Waals surface area (Å²) < 4.78 is 0. The summed E-state index contributed by atoms with van der Waals surface area (Å²) in [7, 11) is 0. The average Bonchev–Trinajstić information content (AvgIpc) is 2.74. The Morgan fingerprint density at radius 1 is 1.00 bits per heavy atom. The zero-order valence-corrected chi connectivity index (χ0v) is 18.2. The molecule has 0 unspecified atom stereocenters. The van der Waals surface area contributed by atoms with Gasteiger partial charge in [0, 0.05) is 56.3 Å². The molecular formula is C24H34N4O. The van der Waals surface area contributed by atoms with Gasteiger partial charge in [0.2, 0.25) is 5.91 Å². The lowest BCUT2D eigenvalue weighted by Gasteiger charge is -2.36. The molecular weight excluding hydrogens is 360 g/mol. The maximum atomic E-state index is 12.7. The van der Waals surface area contributed by atoms with Crippen LogP contribution in [0.2, 0.25) is 0 Å². The smallest absolute Gasteiger partial charge is 0.241 e. The summed E-state index contributed by atoms with van der Waals surface area (Å²) >= 11 is 0. The first-order valence-electron chi connectivity index (χ1n) is 10.7. The minimum Gasteiger partial charge on any atom is -0.376 e. The lowest BCUT2D eigenvalue weighted by molar-refractivity contribution is -0.129. The summed E-state index contributed by atoms with van der Waals surface area (Å²) in [6.45, 7) is 14.2. The highest BCUT2D eigenvalue weighted by Crippen LogP contribution is 2.23. The number of nitrogens with one attached hydrogen (secondary N) is 1. The molecule has 1 aliphatic heterocycles. The van der Waals surface area contributed by atoms with E-state index >= 15 is 0 Å². The van der Waals surface area contributed by atoms with Gasteiger partial charge in [0.1, 0.15) is 0 Å². The number of aryl methyl sites for hydroxylation is 2. The third-order valence-electron chi connectivity index (χ3n) is 5.77. The van der Waals surface area contributed by atoms with Gasteiger partial charge in [0.15, 0.2) is 0 Å². The topological polar surface area (TPSA) is 38.8 Å². The first-order valence-corrected chi connectivity index (χ1v) is 10.7. The maximum Gasteiger partial charge on any atom is 0.241 e.